The van der Waals surface area contributed by atoms with Crippen LogP contribution in [0.25, 0.3) is 0 Å². The summed E-state index contributed by atoms with van der Waals surface area (Å²) in [6.45, 7) is 8.34. The van der Waals surface area contributed by atoms with Crippen LogP contribution in [0, 0.1) is 0 Å². The summed E-state index contributed by atoms with van der Waals surface area (Å²) in [5.74, 6) is 6.14. The Kier molecular flexibility index (Phi) is 6.29. The number of anilines is 2. The Bertz CT molecular complexity index is 420. The normalized spacial score (nSPS) is 19.1. The standard InChI is InChI=1S/C14H24N4S2/c1-4-15-13-12(10(2)3)14(18-9-17-13)16-7-11-8-19-5-6-20-11/h9-11H,4-8H2,1-3H3,(H2,15,16,17,18). The van der Waals surface area contributed by atoms with Crippen molar-refractivity contribution in [3.05, 3.63) is 11.9 Å². The highest BCUT2D eigenvalue weighted by atomic mass is 32.2. The summed E-state index contributed by atoms with van der Waals surface area (Å²) in [7, 11) is 0. The van der Waals surface area contributed by atoms with Crippen LogP contribution in [0.5, 0.6) is 0 Å². The van der Waals surface area contributed by atoms with Crippen molar-refractivity contribution in [3.8, 4) is 0 Å². The molecule has 2 heterocycles. The van der Waals surface area contributed by atoms with E-state index in [1.807, 2.05) is 0 Å². The van der Waals surface area contributed by atoms with Crippen LogP contribution in [0.3, 0.4) is 0 Å². The molecule has 4 nitrogen and oxygen atoms in total. The molecule has 1 atom stereocenters. The number of hydrogen-bond donors (Lipinski definition) is 2. The zero-order chi connectivity index (χ0) is 14.4. The van der Waals surface area contributed by atoms with E-state index < -0.39 is 0 Å². The minimum absolute atomic E-state index is 0.404. The topological polar surface area (TPSA) is 49.8 Å². The fourth-order valence-corrected chi connectivity index (χ4v) is 4.87. The van der Waals surface area contributed by atoms with Crippen molar-refractivity contribution in [2.75, 3.05) is 41.0 Å². The van der Waals surface area contributed by atoms with Crippen LogP contribution in [-0.4, -0.2) is 45.6 Å². The van der Waals surface area contributed by atoms with Crippen LogP contribution in [-0.2, 0) is 0 Å². The highest BCUT2D eigenvalue weighted by molar-refractivity contribution is 8.06. The second-order valence-corrected chi connectivity index (χ2v) is 7.68. The van der Waals surface area contributed by atoms with Gasteiger partial charge in [-0.1, -0.05) is 13.8 Å². The second kappa shape index (κ2) is 7.98. The summed E-state index contributed by atoms with van der Waals surface area (Å²) in [5, 5.41) is 7.56. The summed E-state index contributed by atoms with van der Waals surface area (Å²) in [6.07, 6.45) is 1.65. The van der Waals surface area contributed by atoms with Gasteiger partial charge in [0.15, 0.2) is 0 Å². The Morgan fingerprint density at radius 3 is 2.60 bits per heavy atom. The fraction of sp³-hybridized carbons (Fsp3) is 0.714. The molecule has 0 aliphatic carbocycles. The van der Waals surface area contributed by atoms with Crippen LogP contribution >= 0.6 is 23.5 Å². The molecule has 6 heteroatoms. The van der Waals surface area contributed by atoms with Gasteiger partial charge in [0.25, 0.3) is 0 Å². The second-order valence-electron chi connectivity index (χ2n) is 5.12. The Hall–Kier alpha value is -0.620. The molecule has 0 aromatic carbocycles. The molecule has 1 aromatic heterocycles. The number of rotatable bonds is 6. The highest BCUT2D eigenvalue weighted by Gasteiger charge is 2.18. The lowest BCUT2D eigenvalue weighted by atomic mass is 10.0. The van der Waals surface area contributed by atoms with E-state index in [2.05, 4.69) is 64.9 Å². The lowest BCUT2D eigenvalue weighted by Gasteiger charge is -2.23. The number of thioether (sulfide) groups is 2. The zero-order valence-corrected chi connectivity index (χ0v) is 14.1. The maximum Gasteiger partial charge on any atom is 0.135 e. The Morgan fingerprint density at radius 2 is 2.00 bits per heavy atom. The molecule has 0 amide bonds. The van der Waals surface area contributed by atoms with Gasteiger partial charge in [0.1, 0.15) is 18.0 Å². The summed E-state index contributed by atoms with van der Waals surface area (Å²) in [4.78, 5) is 8.82. The lowest BCUT2D eigenvalue weighted by molar-refractivity contribution is 0.842. The number of nitrogens with one attached hydrogen (secondary N) is 2. The van der Waals surface area contributed by atoms with E-state index in [4.69, 9.17) is 0 Å². The molecular formula is C14H24N4S2. The van der Waals surface area contributed by atoms with Gasteiger partial charge in [0.05, 0.1) is 0 Å². The summed E-state index contributed by atoms with van der Waals surface area (Å²) in [5.41, 5.74) is 1.20. The molecule has 112 valence electrons. The minimum atomic E-state index is 0.404. The lowest BCUT2D eigenvalue weighted by Crippen LogP contribution is -2.24. The predicted octanol–water partition coefficient (Wildman–Crippen LogP) is 3.29. The maximum atomic E-state index is 4.45. The summed E-state index contributed by atoms with van der Waals surface area (Å²) in [6, 6.07) is 0. The first-order chi connectivity index (χ1) is 9.72. The molecule has 20 heavy (non-hydrogen) atoms. The number of nitrogens with zero attached hydrogens (tertiary/aromatic N) is 2. The molecule has 1 aliphatic heterocycles. The van der Waals surface area contributed by atoms with Gasteiger partial charge in [-0.2, -0.15) is 23.5 Å². The quantitative estimate of drug-likeness (QED) is 0.840. The molecule has 1 fully saturated rings. The van der Waals surface area contributed by atoms with E-state index in [1.54, 1.807) is 6.33 Å². The van der Waals surface area contributed by atoms with Crippen LogP contribution in [0.2, 0.25) is 0 Å². The average molecular weight is 313 g/mol. The van der Waals surface area contributed by atoms with E-state index in [-0.39, 0.29) is 0 Å². The largest absolute Gasteiger partial charge is 0.370 e. The van der Waals surface area contributed by atoms with Crippen LogP contribution < -0.4 is 10.6 Å². The zero-order valence-electron chi connectivity index (χ0n) is 12.5. The van der Waals surface area contributed by atoms with Crippen LogP contribution in [0.15, 0.2) is 6.33 Å². The van der Waals surface area contributed by atoms with Gasteiger partial charge in [-0.3, -0.25) is 0 Å². The molecule has 2 rings (SSSR count). The van der Waals surface area contributed by atoms with Gasteiger partial charge in [-0.05, 0) is 12.8 Å². The molecule has 0 bridgehead atoms. The third-order valence-corrected chi connectivity index (χ3v) is 6.03. The van der Waals surface area contributed by atoms with Crippen LogP contribution in [0.4, 0.5) is 11.6 Å². The first-order valence-electron chi connectivity index (χ1n) is 7.24. The van der Waals surface area contributed by atoms with Crippen molar-refractivity contribution >= 4 is 35.2 Å². The van der Waals surface area contributed by atoms with Gasteiger partial charge in [0, 0.05) is 41.2 Å². The maximum absolute atomic E-state index is 4.45. The Morgan fingerprint density at radius 1 is 1.25 bits per heavy atom. The predicted molar refractivity (Wildman–Crippen MR) is 92.3 cm³/mol. The molecule has 0 radical (unpaired) electrons. The monoisotopic (exact) mass is 312 g/mol. The van der Waals surface area contributed by atoms with E-state index in [9.17, 15) is 0 Å². The Balaban J connectivity index is 2.07. The van der Waals surface area contributed by atoms with Crippen molar-refractivity contribution < 1.29 is 0 Å². The SMILES string of the molecule is CCNc1ncnc(NCC2CSCCS2)c1C(C)C. The summed E-state index contributed by atoms with van der Waals surface area (Å²) >= 11 is 4.12. The molecular weight excluding hydrogens is 288 g/mol. The fourth-order valence-electron chi connectivity index (χ4n) is 2.26. The average Bonchev–Trinajstić information content (AvgIpc) is 2.46. The molecule has 1 unspecified atom stereocenters. The highest BCUT2D eigenvalue weighted by Crippen LogP contribution is 2.29. The third kappa shape index (κ3) is 4.19. The summed E-state index contributed by atoms with van der Waals surface area (Å²) < 4.78 is 0. The minimum Gasteiger partial charge on any atom is -0.370 e. The van der Waals surface area contributed by atoms with Crippen molar-refractivity contribution in [1.82, 2.24) is 9.97 Å². The van der Waals surface area contributed by atoms with Gasteiger partial charge >= 0.3 is 0 Å². The van der Waals surface area contributed by atoms with Gasteiger partial charge in [-0.15, -0.1) is 0 Å². The van der Waals surface area contributed by atoms with E-state index in [0.717, 1.165) is 24.7 Å². The van der Waals surface area contributed by atoms with Crippen LogP contribution in [0.1, 0.15) is 32.3 Å². The first kappa shape index (κ1) is 15.8. The first-order valence-corrected chi connectivity index (χ1v) is 9.44. The molecule has 2 N–H and O–H groups in total. The molecule has 1 aliphatic rings. The number of hydrogen-bond acceptors (Lipinski definition) is 6. The Labute approximate surface area is 130 Å². The van der Waals surface area contributed by atoms with Gasteiger partial charge in [0.2, 0.25) is 0 Å². The van der Waals surface area contributed by atoms with Gasteiger partial charge in [-0.25, -0.2) is 9.97 Å². The van der Waals surface area contributed by atoms with Crippen molar-refractivity contribution in [2.45, 2.75) is 31.9 Å². The smallest absolute Gasteiger partial charge is 0.135 e. The van der Waals surface area contributed by atoms with Crippen molar-refractivity contribution in [1.29, 1.82) is 0 Å². The molecule has 0 saturated carbocycles. The molecule has 1 saturated heterocycles. The van der Waals surface area contributed by atoms with Crippen molar-refractivity contribution in [3.63, 3.8) is 0 Å². The van der Waals surface area contributed by atoms with Gasteiger partial charge < -0.3 is 10.6 Å². The van der Waals surface area contributed by atoms with E-state index in [1.165, 1.54) is 22.8 Å². The third-order valence-electron chi connectivity index (χ3n) is 3.19. The number of aromatic nitrogens is 2. The molecule has 0 spiro atoms. The van der Waals surface area contributed by atoms with E-state index in [0.29, 0.717) is 11.2 Å². The van der Waals surface area contributed by atoms with E-state index >= 15 is 0 Å². The van der Waals surface area contributed by atoms with Crippen molar-refractivity contribution in [2.24, 2.45) is 0 Å². The molecule has 1 aromatic rings.